The van der Waals surface area contributed by atoms with Crippen LogP contribution in [0.15, 0.2) is 23.1 Å². The first-order chi connectivity index (χ1) is 9.85. The number of hydrogen-bond donors (Lipinski definition) is 1. The van der Waals surface area contributed by atoms with Crippen molar-refractivity contribution in [1.82, 2.24) is 0 Å². The van der Waals surface area contributed by atoms with Crippen LogP contribution in [0.1, 0.15) is 25.3 Å². The van der Waals surface area contributed by atoms with Gasteiger partial charge in [0.15, 0.2) is 9.84 Å². The van der Waals surface area contributed by atoms with E-state index in [2.05, 4.69) is 0 Å². The number of nitrogens with zero attached hydrogens (tertiary/aromatic N) is 1. The van der Waals surface area contributed by atoms with Crippen LogP contribution in [-0.2, 0) is 14.6 Å². The molecule has 2 rings (SSSR count). The fourth-order valence-electron chi connectivity index (χ4n) is 2.69. The van der Waals surface area contributed by atoms with E-state index in [1.54, 1.807) is 12.1 Å². The van der Waals surface area contributed by atoms with Gasteiger partial charge in [0.2, 0.25) is 0 Å². The standard InChI is InChI=1S/C15H21NO4S/c1-3-8-21(19,20)14-9-11(2)4-5-13(14)16-7-6-12(10-16)15(17)18/h4-5,9,12H,3,6-8,10H2,1-2H3,(H,17,18). The van der Waals surface area contributed by atoms with Crippen molar-refractivity contribution in [2.75, 3.05) is 23.7 Å². The van der Waals surface area contributed by atoms with Crippen LogP contribution in [0.25, 0.3) is 0 Å². The summed E-state index contributed by atoms with van der Waals surface area (Å²) in [5.41, 5.74) is 1.53. The molecule has 6 heteroatoms. The lowest BCUT2D eigenvalue weighted by Crippen LogP contribution is -2.24. The second-order valence-corrected chi connectivity index (χ2v) is 7.64. The van der Waals surface area contributed by atoms with Crippen LogP contribution in [-0.4, -0.2) is 38.3 Å². The summed E-state index contributed by atoms with van der Waals surface area (Å²) >= 11 is 0. The highest BCUT2D eigenvalue weighted by Crippen LogP contribution is 2.31. The Morgan fingerprint density at radius 1 is 1.43 bits per heavy atom. The molecule has 1 aliphatic rings. The summed E-state index contributed by atoms with van der Waals surface area (Å²) in [5, 5.41) is 9.09. The summed E-state index contributed by atoms with van der Waals surface area (Å²) in [4.78, 5) is 13.3. The molecule has 0 aliphatic carbocycles. The topological polar surface area (TPSA) is 74.7 Å². The number of hydrogen-bond acceptors (Lipinski definition) is 4. The molecule has 1 aliphatic heterocycles. The number of benzene rings is 1. The van der Waals surface area contributed by atoms with Gasteiger partial charge in [0.25, 0.3) is 0 Å². The molecule has 0 bridgehead atoms. The Morgan fingerprint density at radius 3 is 2.71 bits per heavy atom. The molecule has 21 heavy (non-hydrogen) atoms. The van der Waals surface area contributed by atoms with Crippen LogP contribution in [0.5, 0.6) is 0 Å². The maximum Gasteiger partial charge on any atom is 0.308 e. The average Bonchev–Trinajstić information content (AvgIpc) is 2.88. The van der Waals surface area contributed by atoms with E-state index >= 15 is 0 Å². The molecule has 0 spiro atoms. The van der Waals surface area contributed by atoms with Crippen molar-refractivity contribution < 1.29 is 18.3 Å². The second-order valence-electron chi connectivity index (χ2n) is 5.56. The van der Waals surface area contributed by atoms with E-state index in [-0.39, 0.29) is 5.75 Å². The lowest BCUT2D eigenvalue weighted by Gasteiger charge is -2.22. The number of aryl methyl sites for hydroxylation is 1. The van der Waals surface area contributed by atoms with Crippen molar-refractivity contribution in [2.45, 2.75) is 31.6 Å². The lowest BCUT2D eigenvalue weighted by atomic mass is 10.1. The highest BCUT2D eigenvalue weighted by molar-refractivity contribution is 7.91. The van der Waals surface area contributed by atoms with Crippen LogP contribution < -0.4 is 4.90 Å². The fourth-order valence-corrected chi connectivity index (χ4v) is 4.33. The van der Waals surface area contributed by atoms with Gasteiger partial charge in [0.1, 0.15) is 0 Å². The number of carboxylic acid groups (broad SMARTS) is 1. The van der Waals surface area contributed by atoms with E-state index in [4.69, 9.17) is 5.11 Å². The summed E-state index contributed by atoms with van der Waals surface area (Å²) in [5.74, 6) is -1.13. The van der Waals surface area contributed by atoms with Crippen LogP contribution in [0, 0.1) is 12.8 Å². The molecule has 0 radical (unpaired) electrons. The fraction of sp³-hybridized carbons (Fsp3) is 0.533. The molecule has 1 N–H and O–H groups in total. The number of carboxylic acids is 1. The van der Waals surface area contributed by atoms with Crippen molar-refractivity contribution in [3.05, 3.63) is 23.8 Å². The normalized spacial score (nSPS) is 19.0. The van der Waals surface area contributed by atoms with Gasteiger partial charge in [0.05, 0.1) is 22.3 Å². The van der Waals surface area contributed by atoms with Crippen molar-refractivity contribution in [3.63, 3.8) is 0 Å². The Morgan fingerprint density at radius 2 is 2.14 bits per heavy atom. The minimum atomic E-state index is -3.33. The zero-order chi connectivity index (χ0) is 15.6. The molecule has 1 fully saturated rings. The Bertz CT molecular complexity index is 639. The van der Waals surface area contributed by atoms with E-state index < -0.39 is 21.7 Å². The average molecular weight is 311 g/mol. The smallest absolute Gasteiger partial charge is 0.308 e. The number of sulfone groups is 1. The second kappa shape index (κ2) is 6.05. The van der Waals surface area contributed by atoms with E-state index in [1.165, 1.54) is 0 Å². The van der Waals surface area contributed by atoms with E-state index in [0.717, 1.165) is 5.56 Å². The van der Waals surface area contributed by atoms with Gasteiger partial charge >= 0.3 is 5.97 Å². The van der Waals surface area contributed by atoms with Gasteiger partial charge in [-0.3, -0.25) is 4.79 Å². The zero-order valence-electron chi connectivity index (χ0n) is 12.4. The number of carbonyl (C=O) groups is 1. The molecule has 1 saturated heterocycles. The monoisotopic (exact) mass is 311 g/mol. The Labute approximate surface area is 125 Å². The third kappa shape index (κ3) is 3.37. The maximum atomic E-state index is 12.4. The minimum Gasteiger partial charge on any atom is -0.481 e. The molecule has 0 aromatic heterocycles. The van der Waals surface area contributed by atoms with Gasteiger partial charge in [-0.2, -0.15) is 0 Å². The quantitative estimate of drug-likeness (QED) is 0.901. The number of anilines is 1. The molecular formula is C15H21NO4S. The van der Waals surface area contributed by atoms with E-state index in [9.17, 15) is 13.2 Å². The molecule has 116 valence electrons. The SMILES string of the molecule is CCCS(=O)(=O)c1cc(C)ccc1N1CCC(C(=O)O)C1. The number of aliphatic carboxylic acids is 1. The highest BCUT2D eigenvalue weighted by Gasteiger charge is 2.31. The van der Waals surface area contributed by atoms with Crippen molar-refractivity contribution in [1.29, 1.82) is 0 Å². The minimum absolute atomic E-state index is 0.111. The summed E-state index contributed by atoms with van der Waals surface area (Å²) < 4.78 is 24.9. The zero-order valence-corrected chi connectivity index (χ0v) is 13.2. The van der Waals surface area contributed by atoms with Crippen LogP contribution in [0.3, 0.4) is 0 Å². The maximum absolute atomic E-state index is 12.4. The first kappa shape index (κ1) is 15.8. The third-order valence-electron chi connectivity index (χ3n) is 3.80. The summed E-state index contributed by atoms with van der Waals surface area (Å²) in [7, 11) is -3.33. The lowest BCUT2D eigenvalue weighted by molar-refractivity contribution is -0.140. The summed E-state index contributed by atoms with van der Waals surface area (Å²) in [6.45, 7) is 4.64. The van der Waals surface area contributed by atoms with Crippen molar-refractivity contribution in [2.24, 2.45) is 5.92 Å². The van der Waals surface area contributed by atoms with Crippen molar-refractivity contribution in [3.8, 4) is 0 Å². The van der Waals surface area contributed by atoms with E-state index in [1.807, 2.05) is 24.8 Å². The van der Waals surface area contributed by atoms with Gasteiger partial charge in [-0.05, 0) is 37.5 Å². The van der Waals surface area contributed by atoms with Gasteiger partial charge in [0, 0.05) is 13.1 Å². The van der Waals surface area contributed by atoms with Gasteiger partial charge in [-0.25, -0.2) is 8.42 Å². The Kier molecular flexibility index (Phi) is 4.56. The van der Waals surface area contributed by atoms with Gasteiger partial charge in [-0.1, -0.05) is 13.0 Å². The van der Waals surface area contributed by atoms with Crippen LogP contribution in [0.2, 0.25) is 0 Å². The predicted molar refractivity (Wildman–Crippen MR) is 81.5 cm³/mol. The number of rotatable bonds is 5. The highest BCUT2D eigenvalue weighted by atomic mass is 32.2. The Balaban J connectivity index is 2.39. The molecule has 0 saturated carbocycles. The first-order valence-electron chi connectivity index (χ1n) is 7.16. The molecule has 0 amide bonds. The van der Waals surface area contributed by atoms with Gasteiger partial charge in [-0.15, -0.1) is 0 Å². The molecule has 1 unspecified atom stereocenters. The Hall–Kier alpha value is -1.56. The molecule has 1 aromatic rings. The summed E-state index contributed by atoms with van der Waals surface area (Å²) in [6.07, 6.45) is 1.12. The third-order valence-corrected chi connectivity index (χ3v) is 5.74. The largest absolute Gasteiger partial charge is 0.481 e. The van der Waals surface area contributed by atoms with Crippen molar-refractivity contribution >= 4 is 21.5 Å². The molecular weight excluding hydrogens is 290 g/mol. The van der Waals surface area contributed by atoms with Crippen LogP contribution in [0.4, 0.5) is 5.69 Å². The molecule has 1 heterocycles. The summed E-state index contributed by atoms with van der Waals surface area (Å²) in [6, 6.07) is 5.35. The predicted octanol–water partition coefficient (Wildman–Crippen LogP) is 2.09. The van der Waals surface area contributed by atoms with Crippen LogP contribution >= 0.6 is 0 Å². The van der Waals surface area contributed by atoms with E-state index in [0.29, 0.717) is 36.5 Å². The van der Waals surface area contributed by atoms with Gasteiger partial charge < -0.3 is 10.0 Å². The molecule has 5 nitrogen and oxygen atoms in total. The first-order valence-corrected chi connectivity index (χ1v) is 8.81. The molecule has 1 atom stereocenters. The molecule has 1 aromatic carbocycles.